The van der Waals surface area contributed by atoms with E-state index in [2.05, 4.69) is 67.1 Å². The van der Waals surface area contributed by atoms with Crippen LogP contribution in [0.25, 0.3) is 29.5 Å². The van der Waals surface area contributed by atoms with Gasteiger partial charge in [-0.25, -0.2) is 14.6 Å². The number of hydrogen-bond acceptors (Lipinski definition) is 7. The monoisotopic (exact) mass is 652 g/mol. The fourth-order valence-corrected chi connectivity index (χ4v) is 3.78. The van der Waals surface area contributed by atoms with E-state index >= 15 is 0 Å². The van der Waals surface area contributed by atoms with E-state index in [0.717, 1.165) is 23.5 Å². The lowest BCUT2D eigenvalue weighted by Gasteiger charge is -2.22. The Labute approximate surface area is 281 Å². The number of likely N-dealkylation sites (tertiary alicyclic amines) is 1. The highest BCUT2D eigenvalue weighted by atomic mass is 16.5. The molecule has 47 heavy (non-hydrogen) atoms. The molecule has 10 heteroatoms. The van der Waals surface area contributed by atoms with Crippen molar-refractivity contribution in [2.45, 2.75) is 73.8 Å². The van der Waals surface area contributed by atoms with Gasteiger partial charge in [0, 0.05) is 12.1 Å². The largest absolute Gasteiger partial charge is 0.467 e. The maximum atomic E-state index is 12.0. The standard InChI is InChI=1S/C16H14N2O.C13H20N2O5.C4H10.2C2H6/c1-4-11-8-7-9-12(10-11)15-16(19)18-14(6-3)13(5-2)17-15;1-3-4-8-20-13(18)14-9-11(16)15-7-5-6-10(15)12(17)19-2;1-4(2)3;2*1-2/h4-10H,1-3H2,(H,18,19);3,10H,1,4-9H2,2H3,(H,14,18);4H,1-3H3;2*1-2H3. The van der Waals surface area contributed by atoms with E-state index in [-0.39, 0.29) is 24.6 Å². The summed E-state index contributed by atoms with van der Waals surface area (Å²) in [6.07, 6.45) is 7.72. The normalized spacial score (nSPS) is 12.4. The lowest BCUT2D eigenvalue weighted by molar-refractivity contribution is -0.150. The predicted molar refractivity (Wildman–Crippen MR) is 195 cm³/mol. The van der Waals surface area contributed by atoms with Crippen molar-refractivity contribution >= 4 is 36.2 Å². The molecule has 3 rings (SSSR count). The molecule has 1 fully saturated rings. The number of hydrogen-bond donors (Lipinski definition) is 2. The Hall–Kier alpha value is -4.73. The molecular weight excluding hydrogens is 596 g/mol. The fourth-order valence-electron chi connectivity index (χ4n) is 3.78. The molecule has 2 aromatic rings. The zero-order chi connectivity index (χ0) is 36.4. The van der Waals surface area contributed by atoms with Crippen molar-refractivity contribution < 1.29 is 23.9 Å². The quantitative estimate of drug-likeness (QED) is 0.154. The Morgan fingerprint density at radius 2 is 1.70 bits per heavy atom. The topological polar surface area (TPSA) is 131 Å². The van der Waals surface area contributed by atoms with Crippen LogP contribution in [0.3, 0.4) is 0 Å². The van der Waals surface area contributed by atoms with Crippen molar-refractivity contribution in [3.05, 3.63) is 84.0 Å². The smallest absolute Gasteiger partial charge is 0.407 e. The molecule has 1 saturated heterocycles. The molecule has 1 aromatic carbocycles. The first-order chi connectivity index (χ1) is 22.5. The second-order valence-electron chi connectivity index (χ2n) is 10.0. The zero-order valence-electron chi connectivity index (χ0n) is 29.7. The van der Waals surface area contributed by atoms with Crippen LogP contribution in [0.4, 0.5) is 4.79 Å². The van der Waals surface area contributed by atoms with Gasteiger partial charge in [0.2, 0.25) is 5.91 Å². The van der Waals surface area contributed by atoms with Gasteiger partial charge in [-0.2, -0.15) is 0 Å². The van der Waals surface area contributed by atoms with Gasteiger partial charge in [-0.3, -0.25) is 9.59 Å². The highest BCUT2D eigenvalue weighted by Gasteiger charge is 2.34. The molecule has 1 aliphatic rings. The maximum Gasteiger partial charge on any atom is 0.407 e. The Balaban J connectivity index is 0. The summed E-state index contributed by atoms with van der Waals surface area (Å²) in [5, 5.41) is 2.36. The molecule has 1 unspecified atom stereocenters. The van der Waals surface area contributed by atoms with Gasteiger partial charge in [0.25, 0.3) is 5.56 Å². The highest BCUT2D eigenvalue weighted by molar-refractivity contribution is 5.87. The van der Waals surface area contributed by atoms with Crippen LogP contribution >= 0.6 is 0 Å². The number of rotatable bonds is 10. The lowest BCUT2D eigenvalue weighted by Crippen LogP contribution is -2.46. The van der Waals surface area contributed by atoms with Crippen LogP contribution in [0.1, 0.15) is 84.7 Å². The summed E-state index contributed by atoms with van der Waals surface area (Å²) >= 11 is 0. The number of ether oxygens (including phenoxy) is 2. The van der Waals surface area contributed by atoms with E-state index in [0.29, 0.717) is 36.5 Å². The minimum atomic E-state index is -0.658. The number of alkyl carbamates (subject to hydrolysis) is 1. The summed E-state index contributed by atoms with van der Waals surface area (Å²) in [6, 6.07) is 6.93. The lowest BCUT2D eigenvalue weighted by atomic mass is 10.1. The number of H-pyrrole nitrogens is 1. The van der Waals surface area contributed by atoms with Gasteiger partial charge < -0.3 is 24.7 Å². The third-order valence-electron chi connectivity index (χ3n) is 5.75. The molecule has 0 spiro atoms. The first kappa shape index (κ1) is 44.4. The highest BCUT2D eigenvalue weighted by Crippen LogP contribution is 2.19. The number of methoxy groups -OCH3 is 1. The van der Waals surface area contributed by atoms with Crippen LogP contribution in [0.5, 0.6) is 0 Å². The van der Waals surface area contributed by atoms with E-state index in [1.807, 2.05) is 52.0 Å². The molecule has 260 valence electrons. The van der Waals surface area contributed by atoms with E-state index < -0.39 is 18.1 Å². The van der Waals surface area contributed by atoms with Gasteiger partial charge in [-0.05, 0) is 49.0 Å². The number of aromatic nitrogens is 2. The van der Waals surface area contributed by atoms with Crippen molar-refractivity contribution in [3.8, 4) is 11.3 Å². The van der Waals surface area contributed by atoms with Gasteiger partial charge >= 0.3 is 12.1 Å². The first-order valence-electron chi connectivity index (χ1n) is 16.0. The van der Waals surface area contributed by atoms with Crippen molar-refractivity contribution in [1.82, 2.24) is 20.2 Å². The Morgan fingerprint density at radius 1 is 1.06 bits per heavy atom. The predicted octanol–water partition coefficient (Wildman–Crippen LogP) is 7.53. The number of nitrogens with zero attached hydrogens (tertiary/aromatic N) is 2. The van der Waals surface area contributed by atoms with Crippen LogP contribution in [-0.2, 0) is 19.1 Å². The number of carbonyl (C=O) groups excluding carboxylic acids is 3. The second kappa shape index (κ2) is 26.5. The second-order valence-corrected chi connectivity index (χ2v) is 10.0. The molecule has 1 aromatic heterocycles. The molecule has 2 heterocycles. The van der Waals surface area contributed by atoms with Crippen molar-refractivity contribution in [3.63, 3.8) is 0 Å². The van der Waals surface area contributed by atoms with Crippen LogP contribution in [0.2, 0.25) is 0 Å². The fraction of sp³-hybridized carbons (Fsp3) is 0.432. The van der Waals surface area contributed by atoms with E-state index in [4.69, 9.17) is 4.74 Å². The molecular formula is C37H56N4O6. The third kappa shape index (κ3) is 17.0. The minimum absolute atomic E-state index is 0.194. The average Bonchev–Trinajstić information content (AvgIpc) is 3.59. The van der Waals surface area contributed by atoms with Crippen LogP contribution in [-0.4, -0.2) is 65.7 Å². The summed E-state index contributed by atoms with van der Waals surface area (Å²) in [5.74, 6) is 0.0861. The molecule has 10 nitrogen and oxygen atoms in total. The van der Waals surface area contributed by atoms with Crippen molar-refractivity contribution in [2.75, 3.05) is 26.8 Å². The summed E-state index contributed by atoms with van der Waals surface area (Å²) in [7, 11) is 1.29. The molecule has 0 saturated carbocycles. The van der Waals surface area contributed by atoms with Crippen molar-refractivity contribution in [2.24, 2.45) is 5.92 Å². The van der Waals surface area contributed by atoms with Crippen LogP contribution < -0.4 is 10.9 Å². The Kier molecular flexibility index (Phi) is 25.0. The number of nitrogens with one attached hydrogen (secondary N) is 2. The zero-order valence-corrected chi connectivity index (χ0v) is 29.7. The minimum Gasteiger partial charge on any atom is -0.467 e. The maximum absolute atomic E-state index is 12.0. The van der Waals surface area contributed by atoms with Crippen LogP contribution in [0.15, 0.2) is 61.5 Å². The molecule has 0 radical (unpaired) electrons. The molecule has 0 bridgehead atoms. The Bertz CT molecular complexity index is 1330. The number of esters is 1. The van der Waals surface area contributed by atoms with Gasteiger partial charge in [0.15, 0.2) is 0 Å². The summed E-state index contributed by atoms with van der Waals surface area (Å²) in [5.41, 5.74) is 2.98. The number of carbonyl (C=O) groups is 3. The van der Waals surface area contributed by atoms with Gasteiger partial charge in [0.05, 0.1) is 25.1 Å². The van der Waals surface area contributed by atoms with Crippen molar-refractivity contribution in [1.29, 1.82) is 0 Å². The van der Waals surface area contributed by atoms with E-state index in [1.165, 1.54) is 12.0 Å². The molecule has 0 aliphatic carbocycles. The average molecular weight is 653 g/mol. The van der Waals surface area contributed by atoms with Gasteiger partial charge in [-0.1, -0.05) is 98.6 Å². The molecule has 1 aliphatic heterocycles. The number of aromatic amines is 1. The molecule has 2 N–H and O–H groups in total. The summed E-state index contributed by atoms with van der Waals surface area (Å²) in [6.45, 7) is 29.6. The van der Waals surface area contributed by atoms with E-state index in [9.17, 15) is 19.2 Å². The van der Waals surface area contributed by atoms with E-state index in [1.54, 1.807) is 24.3 Å². The number of benzene rings is 1. The van der Waals surface area contributed by atoms with Gasteiger partial charge in [-0.15, -0.1) is 6.58 Å². The number of amides is 2. The Morgan fingerprint density at radius 3 is 2.23 bits per heavy atom. The molecule has 2 amide bonds. The summed E-state index contributed by atoms with van der Waals surface area (Å²) < 4.78 is 9.46. The SMILES string of the molecule is C=CCCOC(=O)NCC(=O)N1CCCC1C(=O)OC.C=Cc1cccc(-c2nc(C=C)c(C=C)[nH]c2=O)c1.CC.CC.CC(C)C. The van der Waals surface area contributed by atoms with Gasteiger partial charge in [0.1, 0.15) is 18.3 Å². The third-order valence-corrected chi connectivity index (χ3v) is 5.75. The molecule has 1 atom stereocenters. The summed E-state index contributed by atoms with van der Waals surface area (Å²) in [4.78, 5) is 55.3. The van der Waals surface area contributed by atoms with Crippen LogP contribution in [0, 0.1) is 5.92 Å². The first-order valence-corrected chi connectivity index (χ1v) is 16.0.